The lowest BCUT2D eigenvalue weighted by molar-refractivity contribution is 0.0492. The molecular weight excluding hydrogens is 2160 g/mol. The minimum atomic E-state index is -3.22. The van der Waals surface area contributed by atoms with Gasteiger partial charge in [0.2, 0.25) is 23.5 Å². The van der Waals surface area contributed by atoms with Crippen LogP contribution in [-0.2, 0) is 14.2 Å². The quantitative estimate of drug-likeness (QED) is 0.0176. The van der Waals surface area contributed by atoms with Crippen LogP contribution in [0, 0.1) is 41.5 Å². The third-order valence-corrected chi connectivity index (χ3v) is 24.3. The molecule has 0 spiro atoms. The van der Waals surface area contributed by atoms with E-state index in [1.54, 1.807) is 67.4 Å². The Morgan fingerprint density at radius 2 is 0.826 bits per heavy atom. The summed E-state index contributed by atoms with van der Waals surface area (Å²) in [5.74, 6) is 14.9. The highest BCUT2D eigenvalue weighted by atomic mass is 79.9. The maximum Gasteiger partial charge on any atom is 0.354 e. The molecule has 0 aliphatic carbocycles. The molecule has 132 heavy (non-hydrogen) atoms. The Morgan fingerprint density at radius 1 is 0.500 bits per heavy atom. The first kappa shape index (κ1) is 121. The standard InChI is InChI=1S/C18H20BrClN2O2.C17H19BrClN3O3.C17H17BrClN3O2.C12H17Cl.C11H16ClN.C11H15ClO.C7H6BrNO3.Cl3OP.H4N2.H2O/c1-5-16(13-7-6-12(20)10-11(13)2)22(3)18(23)15-9-8-14(19)17(21-15)24-4;1-10-8-11(19)4-5-12(10)15(9-25-20)22(2)17(23)14-7-6-13(18)16(21-14)24-3;1-10-8-11(19)4-5-12(10)15-9-24-21-16(22(15)2)14-7-6-13(18)17(20-14)23-3;1-4-10(5-2)12-7-6-11(13)8-9(12)3;1-4-11(13-3)10-6-5-9(12)7-8(10)2;1-3-9(7-13)11-5-4-10(12)6-8(11)2;1-12-6-4(8)2-3-5(9-6)7(10)11;1-5(2,3)4;1-2;/h6-10,16H,5H2,1-4H3;4-8,15H,9,20H2,1-3H3;4-8,15H,9H2,1-3H3;6-8,10H,4-5H2,1-3H3;5-7,11,13H,4H2,1-3H3;4-6,9,13H,3,7H2,1-2H3;2-3H,1H3,(H,10,11);;1-2H2;1H2. The highest BCUT2D eigenvalue weighted by Crippen LogP contribution is 2.61. The van der Waals surface area contributed by atoms with Crippen molar-refractivity contribution in [1.82, 2.24) is 40.0 Å². The number of oxime groups is 1. The zero-order chi connectivity index (χ0) is 98.9. The highest BCUT2D eigenvalue weighted by molar-refractivity contribution is 9.11. The van der Waals surface area contributed by atoms with Gasteiger partial charge in [-0.1, -0.05) is 146 Å². The summed E-state index contributed by atoms with van der Waals surface area (Å²) < 4.78 is 32.7. The van der Waals surface area contributed by atoms with Crippen molar-refractivity contribution in [1.29, 1.82) is 0 Å². The fourth-order valence-corrected chi connectivity index (χ4v) is 16.5. The normalized spacial score (nSPS) is 12.5. The van der Waals surface area contributed by atoms with E-state index >= 15 is 0 Å². The molecule has 2 amide bonds. The number of hydrogen-bond donors (Lipinski definition) is 6. The van der Waals surface area contributed by atoms with Gasteiger partial charge in [-0.15, -0.1) is 0 Å². The molecule has 11 N–H and O–H groups in total. The number of aromatic nitrogens is 4. The van der Waals surface area contributed by atoms with E-state index < -0.39 is 11.2 Å². The molecule has 1 aliphatic rings. The number of aliphatic hydroxyl groups is 1. The molecule has 0 bridgehead atoms. The predicted molar refractivity (Wildman–Crippen MR) is 554 cm³/mol. The minimum absolute atomic E-state index is 0. The van der Waals surface area contributed by atoms with Gasteiger partial charge in [-0.05, 0) is 372 Å². The number of aryl methyl sites for hydroxylation is 6. The zero-order valence-corrected chi connectivity index (χ0v) is 90.8. The number of aromatic carboxylic acids is 1. The number of benzene rings is 6. The Bertz CT molecular complexity index is 5210. The topological polar surface area (TPSA) is 359 Å². The molecule has 11 rings (SSSR count). The summed E-state index contributed by atoms with van der Waals surface area (Å²) in [7, 11) is 13.5. The van der Waals surface area contributed by atoms with Crippen LogP contribution in [0.1, 0.15) is 207 Å². The number of rotatable bonds is 25. The fourth-order valence-electron chi connectivity index (χ4n) is 13.6. The number of amides is 2. The maximum absolute atomic E-state index is 12.9. The molecule has 0 saturated carbocycles. The van der Waals surface area contributed by atoms with Crippen LogP contribution in [0.3, 0.4) is 0 Å². The number of nitrogens with zero attached hydrogens (tertiary/aromatic N) is 8. The van der Waals surface area contributed by atoms with E-state index in [9.17, 15) is 18.9 Å². The van der Waals surface area contributed by atoms with Crippen LogP contribution in [0.5, 0.6) is 23.5 Å². The first-order valence-corrected chi connectivity index (χ1v) is 50.6. The Labute approximate surface area is 853 Å². The van der Waals surface area contributed by atoms with E-state index in [0.29, 0.717) is 76.9 Å². The minimum Gasteiger partial charge on any atom is -0.480 e. The van der Waals surface area contributed by atoms with Gasteiger partial charge in [-0.3, -0.25) is 25.8 Å². The predicted octanol–water partition coefficient (Wildman–Crippen LogP) is 26.1. The number of hydrogen-bond acceptors (Lipinski definition) is 21. The number of aliphatic hydroxyl groups excluding tert-OH is 1. The van der Waals surface area contributed by atoms with Crippen molar-refractivity contribution in [2.45, 2.75) is 144 Å². The van der Waals surface area contributed by atoms with Gasteiger partial charge in [0.15, 0.2) is 11.5 Å². The van der Waals surface area contributed by atoms with Crippen molar-refractivity contribution in [3.8, 4) is 23.5 Å². The number of amidine groups is 1. The van der Waals surface area contributed by atoms with Crippen LogP contribution >= 0.6 is 172 Å². The number of methoxy groups -OCH3 is 4. The number of carbonyl (C=O) groups excluding carboxylic acids is 2. The monoisotopic (exact) mass is 2270 g/mol. The van der Waals surface area contributed by atoms with Crippen molar-refractivity contribution in [3.05, 3.63) is 295 Å². The Kier molecular flexibility index (Phi) is 57.2. The van der Waals surface area contributed by atoms with Crippen LogP contribution in [0.25, 0.3) is 0 Å². The number of nitrogens with one attached hydrogen (secondary N) is 1. The molecule has 39 heteroatoms. The first-order chi connectivity index (χ1) is 62.0. The highest BCUT2D eigenvalue weighted by Gasteiger charge is 2.31. The number of pyridine rings is 4. The molecular formula is C93H116Br4Cl9N12O13P. The number of carboxylic acids is 1. The molecule has 5 unspecified atom stereocenters. The molecule has 722 valence electrons. The molecule has 6 aromatic carbocycles. The molecule has 0 saturated heterocycles. The van der Waals surface area contributed by atoms with Gasteiger partial charge in [-0.2, -0.15) is 0 Å². The van der Waals surface area contributed by atoms with Gasteiger partial charge < -0.3 is 64.3 Å². The van der Waals surface area contributed by atoms with Gasteiger partial charge in [0, 0.05) is 69.8 Å². The molecule has 1 aliphatic heterocycles. The first-order valence-electron chi connectivity index (χ1n) is 40.7. The molecule has 4 aromatic heterocycles. The van der Waals surface area contributed by atoms with Crippen molar-refractivity contribution >= 4 is 196 Å². The fraction of sp³-hybridized carbons (Fsp3) is 0.355. The summed E-state index contributed by atoms with van der Waals surface area (Å²) in [6, 6.07) is 48.7. The Morgan fingerprint density at radius 3 is 1.16 bits per heavy atom. The lowest BCUT2D eigenvalue weighted by Crippen LogP contribution is -2.38. The number of hydrazine groups is 1. The Hall–Kier alpha value is -6.72. The Balaban J connectivity index is 0.000000524. The van der Waals surface area contributed by atoms with E-state index in [1.807, 2.05) is 139 Å². The second kappa shape index (κ2) is 62.2. The second-order valence-corrected chi connectivity index (χ2v) is 41.6. The zero-order valence-electron chi connectivity index (χ0n) is 76.8. The van der Waals surface area contributed by atoms with Gasteiger partial charge in [0.25, 0.3) is 11.8 Å². The average Bonchev–Trinajstić information content (AvgIpc) is 0.787. The van der Waals surface area contributed by atoms with Crippen LogP contribution in [0.4, 0.5) is 0 Å². The van der Waals surface area contributed by atoms with Crippen LogP contribution in [-0.4, -0.2) is 150 Å². The van der Waals surface area contributed by atoms with E-state index in [4.69, 9.17) is 114 Å². The number of nitrogens with two attached hydrogens (primary N) is 3. The largest absolute Gasteiger partial charge is 0.480 e. The smallest absolute Gasteiger partial charge is 0.354 e. The molecule has 10 aromatic rings. The number of halogens is 13. The summed E-state index contributed by atoms with van der Waals surface area (Å²) >= 11 is 62.9. The number of likely N-dealkylation sites (N-methyl/N-ethyl adjacent to an activating group) is 2. The molecule has 25 nitrogen and oxygen atoms in total. The third-order valence-electron chi connectivity index (χ3n) is 20.5. The van der Waals surface area contributed by atoms with Gasteiger partial charge >= 0.3 is 11.2 Å². The van der Waals surface area contributed by atoms with Crippen LogP contribution in [0.2, 0.25) is 30.1 Å². The molecule has 5 heterocycles. The lowest BCUT2D eigenvalue weighted by atomic mass is 9.91. The van der Waals surface area contributed by atoms with E-state index in [-0.39, 0.29) is 71.8 Å². The van der Waals surface area contributed by atoms with E-state index in [2.05, 4.69) is 211 Å². The van der Waals surface area contributed by atoms with Crippen molar-refractivity contribution in [3.63, 3.8) is 0 Å². The number of carbonyl (C=O) groups is 3. The van der Waals surface area contributed by atoms with Crippen molar-refractivity contribution in [2.75, 3.05) is 76.5 Å². The SMILES string of the molecule is CCC(CC)c1ccc(Cl)cc1C.CCC(CO)c1ccc(Cl)cc1C.CCC(NC)c1ccc(Cl)cc1C.CCC(c1ccc(Cl)cc1C)N(C)C(=O)c1ccc(Br)c(OC)n1.COc1nc(C(=O)N(C)C(CON)c2ccc(Cl)cc2C)ccc1Br.COc1nc(C(=O)O)ccc1Br.COc1nc(C2=NOCC(c3ccc(Cl)cc3C)N2C)ccc1Br.NN.O.O=P(Cl)(Cl)Cl. The summed E-state index contributed by atoms with van der Waals surface area (Å²) in [6.07, 6.45) is 5.26. The van der Waals surface area contributed by atoms with Gasteiger partial charge in [0.05, 0.1) is 71.1 Å². The summed E-state index contributed by atoms with van der Waals surface area (Å²) in [4.78, 5) is 68.5. The maximum atomic E-state index is 12.9. The third kappa shape index (κ3) is 38.7. The number of carboxylic acid groups (broad SMARTS) is 1. The summed E-state index contributed by atoms with van der Waals surface area (Å²) in [5.41, 5.74) is 15.3. The van der Waals surface area contributed by atoms with Crippen LogP contribution in [0.15, 0.2) is 181 Å². The van der Waals surface area contributed by atoms with Crippen molar-refractivity contribution in [2.24, 2.45) is 22.7 Å². The number of ether oxygens (including phenoxy) is 4. The van der Waals surface area contributed by atoms with E-state index in [0.717, 1.165) is 82.8 Å². The molecule has 5 atom stereocenters. The average molecular weight is 2280 g/mol. The lowest BCUT2D eigenvalue weighted by Gasteiger charge is -2.34. The van der Waals surface area contributed by atoms with Crippen LogP contribution < -0.4 is 41.8 Å². The molecule has 0 radical (unpaired) electrons. The van der Waals surface area contributed by atoms with Gasteiger partial charge in [0.1, 0.15) is 23.7 Å². The van der Waals surface area contributed by atoms with E-state index in [1.165, 1.54) is 68.1 Å². The molecule has 0 fully saturated rings. The van der Waals surface area contributed by atoms with Crippen molar-refractivity contribution < 1.29 is 63.3 Å². The summed E-state index contributed by atoms with van der Waals surface area (Å²) in [5, 5.41) is 26.4. The van der Waals surface area contributed by atoms with Gasteiger partial charge in [-0.25, -0.2) is 30.6 Å². The second-order valence-electron chi connectivity index (χ2n) is 29.0. The summed E-state index contributed by atoms with van der Waals surface area (Å²) in [6.45, 7) is 23.8.